The number of ether oxygens (including phenoxy) is 1. The molecule has 2 amide bonds. The van der Waals surface area contributed by atoms with Gasteiger partial charge in [0.2, 0.25) is 0 Å². The highest BCUT2D eigenvalue weighted by Crippen LogP contribution is 2.23. The summed E-state index contributed by atoms with van der Waals surface area (Å²) in [7, 11) is -1.59. The minimum Gasteiger partial charge on any atom is -0.444 e. The normalized spacial score (nSPS) is 20.8. The number of rotatable bonds is 1. The second-order valence-corrected chi connectivity index (χ2v) is 7.57. The summed E-state index contributed by atoms with van der Waals surface area (Å²) in [5.41, 5.74) is 1.15. The van der Waals surface area contributed by atoms with Crippen LogP contribution in [0.4, 0.5) is 4.79 Å². The second kappa shape index (κ2) is 5.48. The van der Waals surface area contributed by atoms with Crippen molar-refractivity contribution in [1.29, 1.82) is 0 Å². The first-order valence-corrected chi connectivity index (χ1v) is 8.38. The van der Waals surface area contributed by atoms with Crippen LogP contribution in [0.2, 0.25) is 0 Å². The van der Waals surface area contributed by atoms with E-state index in [2.05, 4.69) is 9.82 Å². The molecule has 124 valence electrons. The van der Waals surface area contributed by atoms with Crippen LogP contribution >= 0.6 is 0 Å². The third-order valence-electron chi connectivity index (χ3n) is 3.37. The Kier molecular flexibility index (Phi) is 3.75. The van der Waals surface area contributed by atoms with Crippen LogP contribution in [0.25, 0.3) is 5.03 Å². The van der Waals surface area contributed by atoms with Gasteiger partial charge in [0, 0.05) is 30.8 Å². The van der Waals surface area contributed by atoms with Gasteiger partial charge in [-0.05, 0) is 20.8 Å². The highest BCUT2D eigenvalue weighted by Gasteiger charge is 2.29. The first kappa shape index (κ1) is 15.7. The maximum absolute atomic E-state index is 12.1. The third-order valence-corrected chi connectivity index (χ3v) is 4.44. The summed E-state index contributed by atoms with van der Waals surface area (Å²) in [6, 6.07) is 0. The highest BCUT2D eigenvalue weighted by atomic mass is 32.2. The fourth-order valence-electron chi connectivity index (χ4n) is 2.40. The van der Waals surface area contributed by atoms with Gasteiger partial charge in [-0.3, -0.25) is 9.52 Å². The summed E-state index contributed by atoms with van der Waals surface area (Å²) >= 11 is 0. The maximum Gasteiger partial charge on any atom is 0.410 e. The molecule has 0 spiro atoms. The van der Waals surface area contributed by atoms with Crippen molar-refractivity contribution in [3.05, 3.63) is 23.5 Å². The summed E-state index contributed by atoms with van der Waals surface area (Å²) < 4.78 is 20.9. The van der Waals surface area contributed by atoms with Crippen molar-refractivity contribution in [3.8, 4) is 0 Å². The molecule has 1 unspecified atom stereocenters. The number of nitrogens with one attached hydrogen (secondary N) is 1. The van der Waals surface area contributed by atoms with Crippen LogP contribution < -0.4 is 4.72 Å². The van der Waals surface area contributed by atoms with Gasteiger partial charge >= 0.3 is 6.09 Å². The van der Waals surface area contributed by atoms with Crippen LogP contribution in [0.1, 0.15) is 32.0 Å². The van der Waals surface area contributed by atoms with Gasteiger partial charge in [0.1, 0.15) is 5.60 Å². The van der Waals surface area contributed by atoms with Gasteiger partial charge in [-0.1, -0.05) is 0 Å². The van der Waals surface area contributed by atoms with E-state index < -0.39 is 22.5 Å². The van der Waals surface area contributed by atoms with E-state index in [0.717, 1.165) is 11.3 Å². The number of nitrogens with zero attached hydrogens (tertiary/aromatic N) is 3. The van der Waals surface area contributed by atoms with E-state index in [0.29, 0.717) is 24.5 Å². The minimum absolute atomic E-state index is 0.299. The fourth-order valence-corrected chi connectivity index (χ4v) is 3.22. The Morgan fingerprint density at radius 1 is 1.43 bits per heavy atom. The topological polar surface area (TPSA) is 93.5 Å². The lowest BCUT2D eigenvalue weighted by Gasteiger charge is -2.29. The standard InChI is InChI=1S/C14H18N4O4S/c1-14(2,3)22-13(20)17-5-4-10-9(7-17)8-18(15-10)12-6-11(19)16-23(12)21/h6,8H,4-5,7H2,1-3H3,(H,16,19). The van der Waals surface area contributed by atoms with Crippen molar-refractivity contribution in [2.24, 2.45) is 0 Å². The SMILES string of the molecule is CC(C)(C)OC(=O)N1CCc2nn(C3=CC(=O)NS3=O)cc2C1. The zero-order valence-corrected chi connectivity index (χ0v) is 14.0. The fraction of sp³-hybridized carbons (Fsp3) is 0.500. The van der Waals surface area contributed by atoms with E-state index in [-0.39, 0.29) is 6.09 Å². The molecule has 0 fully saturated rings. The molecule has 8 nitrogen and oxygen atoms in total. The summed E-state index contributed by atoms with van der Waals surface area (Å²) in [6.45, 7) is 6.36. The molecule has 23 heavy (non-hydrogen) atoms. The largest absolute Gasteiger partial charge is 0.444 e. The number of hydrogen-bond donors (Lipinski definition) is 1. The second-order valence-electron chi connectivity index (χ2n) is 6.42. The number of fused-ring (bicyclic) bond motifs is 1. The van der Waals surface area contributed by atoms with Gasteiger partial charge in [-0.15, -0.1) is 0 Å². The number of carbonyl (C=O) groups is 2. The maximum atomic E-state index is 12.1. The first-order valence-electron chi connectivity index (χ1n) is 7.23. The van der Waals surface area contributed by atoms with E-state index >= 15 is 0 Å². The molecule has 3 heterocycles. The molecular weight excluding hydrogens is 320 g/mol. The lowest BCUT2D eigenvalue weighted by atomic mass is 10.1. The van der Waals surface area contributed by atoms with Gasteiger partial charge in [-0.25, -0.2) is 13.7 Å². The molecule has 2 aliphatic rings. The van der Waals surface area contributed by atoms with Crippen molar-refractivity contribution in [2.75, 3.05) is 6.54 Å². The molecule has 1 atom stereocenters. The van der Waals surface area contributed by atoms with E-state index in [1.807, 2.05) is 20.8 Å². The van der Waals surface area contributed by atoms with Gasteiger partial charge < -0.3 is 9.64 Å². The summed E-state index contributed by atoms with van der Waals surface area (Å²) in [4.78, 5) is 25.0. The summed E-state index contributed by atoms with van der Waals surface area (Å²) in [5, 5.41) is 4.67. The van der Waals surface area contributed by atoms with Crippen LogP contribution in [0.15, 0.2) is 12.3 Å². The average Bonchev–Trinajstić information content (AvgIpc) is 2.98. The molecule has 0 aliphatic carbocycles. The molecule has 1 aromatic heterocycles. The van der Waals surface area contributed by atoms with Crippen molar-refractivity contribution in [1.82, 2.24) is 19.4 Å². The van der Waals surface area contributed by atoms with Gasteiger partial charge in [0.05, 0.1) is 12.2 Å². The molecule has 1 N–H and O–H groups in total. The predicted octanol–water partition coefficient (Wildman–Crippen LogP) is 0.768. The molecule has 0 bridgehead atoms. The molecule has 9 heteroatoms. The first-order chi connectivity index (χ1) is 10.7. The third kappa shape index (κ3) is 3.29. The molecular formula is C14H18N4O4S. The van der Waals surface area contributed by atoms with Crippen LogP contribution in [-0.2, 0) is 33.5 Å². The number of carbonyl (C=O) groups excluding carboxylic acids is 2. The van der Waals surface area contributed by atoms with E-state index in [9.17, 15) is 13.8 Å². The predicted molar refractivity (Wildman–Crippen MR) is 83.1 cm³/mol. The Hall–Kier alpha value is -2.16. The van der Waals surface area contributed by atoms with Gasteiger partial charge in [0.15, 0.2) is 16.0 Å². The minimum atomic E-state index is -1.59. The quantitative estimate of drug-likeness (QED) is 0.816. The van der Waals surface area contributed by atoms with Crippen molar-refractivity contribution in [2.45, 2.75) is 39.3 Å². The molecule has 3 rings (SSSR count). The van der Waals surface area contributed by atoms with Gasteiger partial charge in [-0.2, -0.15) is 5.10 Å². The number of aromatic nitrogens is 2. The number of amides is 2. The summed E-state index contributed by atoms with van der Waals surface area (Å²) in [6.07, 6.45) is 3.19. The lowest BCUT2D eigenvalue weighted by Crippen LogP contribution is -2.39. The summed E-state index contributed by atoms with van der Waals surface area (Å²) in [5.74, 6) is -0.401. The molecule has 0 saturated carbocycles. The van der Waals surface area contributed by atoms with Crippen LogP contribution in [0.3, 0.4) is 0 Å². The Bertz CT molecular complexity index is 732. The highest BCUT2D eigenvalue weighted by molar-refractivity contribution is 7.93. The zero-order chi connectivity index (χ0) is 16.8. The Labute approximate surface area is 136 Å². The zero-order valence-electron chi connectivity index (χ0n) is 13.2. The van der Waals surface area contributed by atoms with Crippen molar-refractivity contribution >= 4 is 28.0 Å². The Balaban J connectivity index is 1.78. The van der Waals surface area contributed by atoms with E-state index in [1.54, 1.807) is 11.1 Å². The average molecular weight is 338 g/mol. The van der Waals surface area contributed by atoms with Crippen molar-refractivity contribution < 1.29 is 18.5 Å². The Morgan fingerprint density at radius 3 is 2.78 bits per heavy atom. The van der Waals surface area contributed by atoms with Crippen LogP contribution in [0.5, 0.6) is 0 Å². The molecule has 2 aliphatic heterocycles. The monoisotopic (exact) mass is 338 g/mol. The molecule has 0 radical (unpaired) electrons. The van der Waals surface area contributed by atoms with Crippen LogP contribution in [-0.4, -0.2) is 43.0 Å². The van der Waals surface area contributed by atoms with E-state index in [1.165, 1.54) is 10.8 Å². The van der Waals surface area contributed by atoms with Crippen LogP contribution in [0, 0.1) is 0 Å². The molecule has 0 saturated heterocycles. The molecule has 1 aromatic rings. The Morgan fingerprint density at radius 2 is 2.17 bits per heavy atom. The van der Waals surface area contributed by atoms with Gasteiger partial charge in [0.25, 0.3) is 5.91 Å². The number of hydrogen-bond acceptors (Lipinski definition) is 5. The smallest absolute Gasteiger partial charge is 0.410 e. The molecule has 0 aromatic carbocycles. The van der Waals surface area contributed by atoms with E-state index in [4.69, 9.17) is 4.74 Å². The lowest BCUT2D eigenvalue weighted by molar-refractivity contribution is -0.114. The van der Waals surface area contributed by atoms with Crippen molar-refractivity contribution in [3.63, 3.8) is 0 Å².